The van der Waals surface area contributed by atoms with Gasteiger partial charge in [0.15, 0.2) is 0 Å². The molecule has 0 heterocycles. The summed E-state index contributed by atoms with van der Waals surface area (Å²) in [4.78, 5) is 27.4. The SMILES string of the molecule is CN(C(=O)c1cc(NC(=O)[C@@H]2[C@@H](c3cc(Cl)c(Cl)c(Cl)c3)C2(Cl)Cl)ccc1Cl)c1ccc(F)cc1. The number of amides is 2. The molecule has 0 aromatic heterocycles. The molecule has 182 valence electrons. The molecule has 4 rings (SSSR count). The van der Waals surface area contributed by atoms with Crippen molar-refractivity contribution in [2.45, 2.75) is 10.3 Å². The number of benzene rings is 3. The molecule has 4 nitrogen and oxygen atoms in total. The van der Waals surface area contributed by atoms with Crippen molar-refractivity contribution < 1.29 is 14.0 Å². The number of hydrogen-bond donors (Lipinski definition) is 1. The molecule has 1 aliphatic rings. The van der Waals surface area contributed by atoms with Crippen LogP contribution in [0.1, 0.15) is 21.8 Å². The van der Waals surface area contributed by atoms with Crippen LogP contribution in [0, 0.1) is 11.7 Å². The first-order valence-electron chi connectivity index (χ1n) is 10.1. The number of rotatable bonds is 5. The number of carbonyl (C=O) groups excluding carboxylic acids is 2. The third-order valence-electron chi connectivity index (χ3n) is 5.68. The highest BCUT2D eigenvalue weighted by Gasteiger charge is 2.67. The third kappa shape index (κ3) is 5.22. The zero-order valence-corrected chi connectivity index (χ0v) is 22.3. The van der Waals surface area contributed by atoms with E-state index in [2.05, 4.69) is 5.32 Å². The lowest BCUT2D eigenvalue weighted by Gasteiger charge is -2.18. The van der Waals surface area contributed by atoms with Gasteiger partial charge in [-0.15, -0.1) is 23.2 Å². The molecule has 2 amide bonds. The van der Waals surface area contributed by atoms with Gasteiger partial charge in [-0.3, -0.25) is 9.59 Å². The van der Waals surface area contributed by atoms with Crippen LogP contribution in [0.25, 0.3) is 0 Å². The van der Waals surface area contributed by atoms with Crippen molar-refractivity contribution in [3.63, 3.8) is 0 Å². The Labute approximate surface area is 230 Å². The predicted octanol–water partition coefficient (Wildman–Crippen LogP) is 8.24. The quantitative estimate of drug-likeness (QED) is 0.239. The van der Waals surface area contributed by atoms with Crippen LogP contribution in [0.2, 0.25) is 20.1 Å². The zero-order valence-electron chi connectivity index (χ0n) is 17.8. The van der Waals surface area contributed by atoms with E-state index in [9.17, 15) is 14.0 Å². The second-order valence-corrected chi connectivity index (χ2v) is 11.0. The third-order valence-corrected chi connectivity index (χ3v) is 8.15. The number of alkyl halides is 2. The van der Waals surface area contributed by atoms with E-state index in [1.807, 2.05) is 0 Å². The molecule has 0 spiro atoms. The van der Waals surface area contributed by atoms with E-state index in [-0.39, 0.29) is 25.7 Å². The van der Waals surface area contributed by atoms with Crippen LogP contribution in [0.5, 0.6) is 0 Å². The molecule has 1 saturated carbocycles. The topological polar surface area (TPSA) is 49.4 Å². The van der Waals surface area contributed by atoms with Gasteiger partial charge in [0.25, 0.3) is 5.91 Å². The molecule has 0 aliphatic heterocycles. The molecule has 1 N–H and O–H groups in total. The predicted molar refractivity (Wildman–Crippen MR) is 141 cm³/mol. The van der Waals surface area contributed by atoms with Gasteiger partial charge in [-0.1, -0.05) is 46.4 Å². The molecular weight excluding hydrogens is 580 g/mol. The largest absolute Gasteiger partial charge is 0.326 e. The van der Waals surface area contributed by atoms with Crippen LogP contribution in [0.3, 0.4) is 0 Å². The highest BCUT2D eigenvalue weighted by Crippen LogP contribution is 2.65. The smallest absolute Gasteiger partial charge is 0.259 e. The molecule has 11 heteroatoms. The normalized spacial score (nSPS) is 18.2. The summed E-state index contributed by atoms with van der Waals surface area (Å²) in [5.41, 5.74) is 1.50. The first kappa shape index (κ1) is 26.3. The maximum atomic E-state index is 13.2. The lowest BCUT2D eigenvalue weighted by Crippen LogP contribution is -2.26. The number of carbonyl (C=O) groups is 2. The molecule has 0 bridgehead atoms. The van der Waals surface area contributed by atoms with E-state index in [4.69, 9.17) is 69.6 Å². The minimum Gasteiger partial charge on any atom is -0.326 e. The van der Waals surface area contributed by atoms with E-state index in [1.54, 1.807) is 18.2 Å². The highest BCUT2D eigenvalue weighted by molar-refractivity contribution is 6.54. The van der Waals surface area contributed by atoms with Crippen molar-refractivity contribution in [2.75, 3.05) is 17.3 Å². The van der Waals surface area contributed by atoms with Gasteiger partial charge >= 0.3 is 0 Å². The number of halogens is 7. The summed E-state index contributed by atoms with van der Waals surface area (Å²) < 4.78 is 11.8. The van der Waals surface area contributed by atoms with Crippen LogP contribution in [0.4, 0.5) is 15.8 Å². The Morgan fingerprint density at radius 2 is 1.51 bits per heavy atom. The standard InChI is InChI=1S/C24H15Cl6FN2O2/c1-33(14-5-2-12(31)3-6-14)23(35)15-10-13(4-7-16(15)25)32-22(34)20-19(24(20,29)30)11-8-17(26)21(28)18(27)9-11/h2-10,19-20H,1H3,(H,32,34)/t19-,20+/m1/s1. The van der Waals surface area contributed by atoms with Gasteiger partial charge in [0.2, 0.25) is 5.91 Å². The average molecular weight is 595 g/mol. The average Bonchev–Trinajstić information content (AvgIpc) is 3.40. The van der Waals surface area contributed by atoms with Crippen molar-refractivity contribution in [2.24, 2.45) is 5.92 Å². The van der Waals surface area contributed by atoms with Crippen molar-refractivity contribution in [3.05, 3.63) is 91.6 Å². The minimum absolute atomic E-state index is 0.142. The summed E-state index contributed by atoms with van der Waals surface area (Å²) in [6.45, 7) is 0. The number of anilines is 2. The van der Waals surface area contributed by atoms with E-state index in [0.717, 1.165) is 0 Å². The van der Waals surface area contributed by atoms with Crippen LogP contribution in [-0.4, -0.2) is 23.2 Å². The Kier molecular flexibility index (Phi) is 7.50. The Balaban J connectivity index is 1.54. The monoisotopic (exact) mass is 592 g/mol. The van der Waals surface area contributed by atoms with Crippen molar-refractivity contribution >= 4 is 92.8 Å². The summed E-state index contributed by atoms with van der Waals surface area (Å²) in [5, 5.41) is 3.54. The summed E-state index contributed by atoms with van der Waals surface area (Å²) >= 11 is 37.3. The zero-order chi connectivity index (χ0) is 25.7. The molecular formula is C24H15Cl6FN2O2. The van der Waals surface area contributed by atoms with Crippen LogP contribution < -0.4 is 10.2 Å². The lowest BCUT2D eigenvalue weighted by molar-refractivity contribution is -0.117. The number of nitrogens with zero attached hydrogens (tertiary/aromatic N) is 1. The fourth-order valence-electron chi connectivity index (χ4n) is 3.77. The summed E-state index contributed by atoms with van der Waals surface area (Å²) in [5.74, 6) is -2.72. The fourth-order valence-corrected chi connectivity index (χ4v) is 5.41. The summed E-state index contributed by atoms with van der Waals surface area (Å²) in [6, 6.07) is 13.0. The Morgan fingerprint density at radius 1 is 0.914 bits per heavy atom. The fraction of sp³-hybridized carbons (Fsp3) is 0.167. The summed E-state index contributed by atoms with van der Waals surface area (Å²) in [7, 11) is 1.53. The summed E-state index contributed by atoms with van der Waals surface area (Å²) in [6.07, 6.45) is 0. The maximum Gasteiger partial charge on any atom is 0.259 e. The van der Waals surface area contributed by atoms with E-state index < -0.39 is 33.8 Å². The molecule has 0 saturated heterocycles. The molecule has 2 atom stereocenters. The van der Waals surface area contributed by atoms with E-state index >= 15 is 0 Å². The molecule has 1 fully saturated rings. The molecule has 1 aliphatic carbocycles. The molecule has 3 aromatic carbocycles. The molecule has 3 aromatic rings. The van der Waals surface area contributed by atoms with Crippen LogP contribution >= 0.6 is 69.6 Å². The van der Waals surface area contributed by atoms with Gasteiger partial charge < -0.3 is 10.2 Å². The number of nitrogens with one attached hydrogen (secondary N) is 1. The molecule has 0 radical (unpaired) electrons. The maximum absolute atomic E-state index is 13.2. The van der Waals surface area contributed by atoms with Gasteiger partial charge in [0, 0.05) is 24.3 Å². The second-order valence-electron chi connectivity index (χ2n) is 7.95. The first-order chi connectivity index (χ1) is 16.4. The Hall–Kier alpha value is -1.73. The van der Waals surface area contributed by atoms with Crippen LogP contribution in [0.15, 0.2) is 54.6 Å². The van der Waals surface area contributed by atoms with Gasteiger partial charge in [0.1, 0.15) is 10.2 Å². The lowest BCUT2D eigenvalue weighted by atomic mass is 10.1. The van der Waals surface area contributed by atoms with E-state index in [1.165, 1.54) is 48.3 Å². The second kappa shape index (κ2) is 9.97. The first-order valence-corrected chi connectivity index (χ1v) is 12.3. The van der Waals surface area contributed by atoms with Crippen molar-refractivity contribution in [3.8, 4) is 0 Å². The van der Waals surface area contributed by atoms with E-state index in [0.29, 0.717) is 16.9 Å². The van der Waals surface area contributed by atoms with Gasteiger partial charge in [-0.25, -0.2) is 4.39 Å². The van der Waals surface area contributed by atoms with Crippen molar-refractivity contribution in [1.29, 1.82) is 0 Å². The number of hydrogen-bond acceptors (Lipinski definition) is 2. The highest BCUT2D eigenvalue weighted by atomic mass is 35.5. The minimum atomic E-state index is -1.39. The molecule has 35 heavy (non-hydrogen) atoms. The Morgan fingerprint density at radius 3 is 2.11 bits per heavy atom. The van der Waals surface area contributed by atoms with Crippen molar-refractivity contribution in [1.82, 2.24) is 0 Å². The Bertz CT molecular complexity index is 1310. The van der Waals surface area contributed by atoms with Gasteiger partial charge in [0.05, 0.1) is 31.6 Å². The van der Waals surface area contributed by atoms with Crippen LogP contribution in [-0.2, 0) is 4.79 Å². The van der Waals surface area contributed by atoms with Gasteiger partial charge in [-0.2, -0.15) is 0 Å². The molecule has 0 unspecified atom stereocenters. The van der Waals surface area contributed by atoms with Gasteiger partial charge in [-0.05, 0) is 60.2 Å².